The molecule has 1 aliphatic carbocycles. The SMILES string of the molecule is CC(C)CCNC(=O)CNC1CCN(C2CC2)C1. The second-order valence-corrected chi connectivity index (χ2v) is 6.13. The van der Waals surface area contributed by atoms with Crippen molar-refractivity contribution in [3.8, 4) is 0 Å². The third-order valence-corrected chi connectivity index (χ3v) is 3.88. The molecular formula is C14H27N3O. The van der Waals surface area contributed by atoms with Gasteiger partial charge in [0.05, 0.1) is 6.54 Å². The predicted molar refractivity (Wildman–Crippen MR) is 73.5 cm³/mol. The minimum Gasteiger partial charge on any atom is -0.355 e. The van der Waals surface area contributed by atoms with Gasteiger partial charge in [-0.2, -0.15) is 0 Å². The van der Waals surface area contributed by atoms with Gasteiger partial charge in [-0.3, -0.25) is 9.69 Å². The summed E-state index contributed by atoms with van der Waals surface area (Å²) in [6, 6.07) is 1.37. The molecule has 104 valence electrons. The van der Waals surface area contributed by atoms with Crippen molar-refractivity contribution in [2.24, 2.45) is 5.92 Å². The van der Waals surface area contributed by atoms with Crippen LogP contribution in [0.3, 0.4) is 0 Å². The molecule has 1 amide bonds. The molecule has 2 fully saturated rings. The summed E-state index contributed by atoms with van der Waals surface area (Å²) >= 11 is 0. The lowest BCUT2D eigenvalue weighted by Crippen LogP contribution is -2.41. The van der Waals surface area contributed by atoms with Crippen molar-refractivity contribution in [2.45, 2.75) is 51.6 Å². The van der Waals surface area contributed by atoms with E-state index in [2.05, 4.69) is 29.4 Å². The van der Waals surface area contributed by atoms with E-state index >= 15 is 0 Å². The first kappa shape index (κ1) is 13.8. The third-order valence-electron chi connectivity index (χ3n) is 3.88. The van der Waals surface area contributed by atoms with Crippen LogP contribution in [0.4, 0.5) is 0 Å². The molecular weight excluding hydrogens is 226 g/mol. The van der Waals surface area contributed by atoms with Crippen LogP contribution >= 0.6 is 0 Å². The number of carbonyl (C=O) groups excluding carboxylic acids is 1. The molecule has 0 bridgehead atoms. The van der Waals surface area contributed by atoms with Gasteiger partial charge in [-0.15, -0.1) is 0 Å². The molecule has 1 saturated heterocycles. The zero-order valence-electron chi connectivity index (χ0n) is 11.7. The van der Waals surface area contributed by atoms with E-state index < -0.39 is 0 Å². The summed E-state index contributed by atoms with van der Waals surface area (Å²) in [5, 5.41) is 6.35. The normalized spacial score (nSPS) is 24.7. The fourth-order valence-corrected chi connectivity index (χ4v) is 2.53. The summed E-state index contributed by atoms with van der Waals surface area (Å²) in [4.78, 5) is 14.2. The molecule has 1 unspecified atom stereocenters. The van der Waals surface area contributed by atoms with Crippen LogP contribution in [-0.4, -0.2) is 49.1 Å². The molecule has 1 heterocycles. The standard InChI is InChI=1S/C14H27N3O/c1-11(2)5-7-15-14(18)9-16-12-6-8-17(10-12)13-3-4-13/h11-13,16H,3-10H2,1-2H3,(H,15,18). The first-order valence-corrected chi connectivity index (χ1v) is 7.39. The highest BCUT2D eigenvalue weighted by Crippen LogP contribution is 2.29. The molecule has 4 nitrogen and oxygen atoms in total. The van der Waals surface area contributed by atoms with Crippen molar-refractivity contribution in [3.05, 3.63) is 0 Å². The highest BCUT2D eigenvalue weighted by Gasteiger charge is 2.34. The fraction of sp³-hybridized carbons (Fsp3) is 0.929. The van der Waals surface area contributed by atoms with Crippen LogP contribution in [0.15, 0.2) is 0 Å². The van der Waals surface area contributed by atoms with E-state index in [1.807, 2.05) is 0 Å². The van der Waals surface area contributed by atoms with Gasteiger partial charge in [0.1, 0.15) is 0 Å². The Morgan fingerprint density at radius 2 is 2.11 bits per heavy atom. The topological polar surface area (TPSA) is 44.4 Å². The average molecular weight is 253 g/mol. The highest BCUT2D eigenvalue weighted by atomic mass is 16.1. The van der Waals surface area contributed by atoms with Crippen molar-refractivity contribution >= 4 is 5.91 Å². The molecule has 2 N–H and O–H groups in total. The Bertz CT molecular complexity index is 276. The van der Waals surface area contributed by atoms with E-state index in [1.54, 1.807) is 0 Å². The maximum Gasteiger partial charge on any atom is 0.233 e. The van der Waals surface area contributed by atoms with Crippen molar-refractivity contribution in [1.82, 2.24) is 15.5 Å². The van der Waals surface area contributed by atoms with Crippen LogP contribution < -0.4 is 10.6 Å². The van der Waals surface area contributed by atoms with E-state index in [9.17, 15) is 4.79 Å². The number of hydrogen-bond donors (Lipinski definition) is 2. The Morgan fingerprint density at radius 3 is 2.78 bits per heavy atom. The minimum absolute atomic E-state index is 0.139. The predicted octanol–water partition coefficient (Wildman–Crippen LogP) is 0.975. The van der Waals surface area contributed by atoms with E-state index in [0.717, 1.165) is 25.6 Å². The van der Waals surface area contributed by atoms with Crippen LogP contribution in [0.2, 0.25) is 0 Å². The number of amides is 1. The van der Waals surface area contributed by atoms with Crippen molar-refractivity contribution < 1.29 is 4.79 Å². The molecule has 1 saturated carbocycles. The smallest absolute Gasteiger partial charge is 0.233 e. The molecule has 0 aromatic rings. The first-order valence-electron chi connectivity index (χ1n) is 7.39. The lowest BCUT2D eigenvalue weighted by Gasteiger charge is -2.15. The zero-order chi connectivity index (χ0) is 13.0. The van der Waals surface area contributed by atoms with Gasteiger partial charge in [0.2, 0.25) is 5.91 Å². The van der Waals surface area contributed by atoms with Gasteiger partial charge in [0, 0.05) is 31.7 Å². The number of likely N-dealkylation sites (tertiary alicyclic amines) is 1. The quantitative estimate of drug-likeness (QED) is 0.711. The first-order chi connectivity index (χ1) is 8.65. The van der Waals surface area contributed by atoms with E-state index in [1.165, 1.54) is 25.8 Å². The van der Waals surface area contributed by atoms with Gasteiger partial charge in [0.15, 0.2) is 0 Å². The fourth-order valence-electron chi connectivity index (χ4n) is 2.53. The second kappa shape index (κ2) is 6.53. The van der Waals surface area contributed by atoms with Crippen LogP contribution in [0.25, 0.3) is 0 Å². The molecule has 4 heteroatoms. The molecule has 0 spiro atoms. The Labute approximate surface area is 110 Å². The second-order valence-electron chi connectivity index (χ2n) is 6.13. The van der Waals surface area contributed by atoms with Crippen LogP contribution in [0.1, 0.15) is 39.5 Å². The Hall–Kier alpha value is -0.610. The molecule has 2 aliphatic rings. The van der Waals surface area contributed by atoms with Crippen molar-refractivity contribution in [3.63, 3.8) is 0 Å². The molecule has 0 aromatic heterocycles. The summed E-state index contributed by atoms with van der Waals surface area (Å²) in [5.74, 6) is 0.792. The van der Waals surface area contributed by atoms with Crippen LogP contribution in [0, 0.1) is 5.92 Å². The number of carbonyl (C=O) groups is 1. The number of nitrogens with zero attached hydrogens (tertiary/aromatic N) is 1. The number of hydrogen-bond acceptors (Lipinski definition) is 3. The van der Waals surface area contributed by atoms with Crippen LogP contribution in [0.5, 0.6) is 0 Å². The van der Waals surface area contributed by atoms with Gasteiger partial charge >= 0.3 is 0 Å². The highest BCUT2D eigenvalue weighted by molar-refractivity contribution is 5.77. The number of rotatable bonds is 7. The lowest BCUT2D eigenvalue weighted by molar-refractivity contribution is -0.120. The lowest BCUT2D eigenvalue weighted by atomic mass is 10.1. The van der Waals surface area contributed by atoms with E-state index in [4.69, 9.17) is 0 Å². The van der Waals surface area contributed by atoms with E-state index in [-0.39, 0.29) is 5.91 Å². The van der Waals surface area contributed by atoms with Gasteiger partial charge in [-0.25, -0.2) is 0 Å². The molecule has 1 atom stereocenters. The summed E-state index contributed by atoms with van der Waals surface area (Å²) < 4.78 is 0. The minimum atomic E-state index is 0.139. The molecule has 0 radical (unpaired) electrons. The largest absolute Gasteiger partial charge is 0.355 e. The zero-order valence-corrected chi connectivity index (χ0v) is 11.7. The van der Waals surface area contributed by atoms with Gasteiger partial charge in [-0.05, 0) is 31.6 Å². The van der Waals surface area contributed by atoms with Crippen molar-refractivity contribution in [1.29, 1.82) is 0 Å². The third kappa shape index (κ3) is 4.58. The van der Waals surface area contributed by atoms with Crippen molar-refractivity contribution in [2.75, 3.05) is 26.2 Å². The number of nitrogens with one attached hydrogen (secondary N) is 2. The van der Waals surface area contributed by atoms with Gasteiger partial charge < -0.3 is 10.6 Å². The maximum atomic E-state index is 11.6. The Morgan fingerprint density at radius 1 is 1.33 bits per heavy atom. The summed E-state index contributed by atoms with van der Waals surface area (Å²) in [6.45, 7) is 7.96. The summed E-state index contributed by atoms with van der Waals surface area (Å²) in [6.07, 6.45) is 5.01. The molecule has 2 rings (SSSR count). The Kier molecular flexibility index (Phi) is 5.01. The summed E-state index contributed by atoms with van der Waals surface area (Å²) in [7, 11) is 0. The van der Waals surface area contributed by atoms with Gasteiger partial charge in [0.25, 0.3) is 0 Å². The Balaban J connectivity index is 1.53. The maximum absolute atomic E-state index is 11.6. The molecule has 0 aromatic carbocycles. The monoisotopic (exact) mass is 253 g/mol. The average Bonchev–Trinajstić information content (AvgIpc) is 3.06. The van der Waals surface area contributed by atoms with Gasteiger partial charge in [-0.1, -0.05) is 13.8 Å². The molecule has 1 aliphatic heterocycles. The van der Waals surface area contributed by atoms with Crippen LogP contribution in [-0.2, 0) is 4.79 Å². The molecule has 18 heavy (non-hydrogen) atoms. The van der Waals surface area contributed by atoms with E-state index in [0.29, 0.717) is 18.5 Å². The summed E-state index contributed by atoms with van der Waals surface area (Å²) in [5.41, 5.74) is 0.